The number of rotatable bonds is 1. The molecule has 2 heterocycles. The monoisotopic (exact) mass is 197 g/mol. The number of hydrogen-bond acceptors (Lipinski definition) is 3. The van der Waals surface area contributed by atoms with E-state index in [1.807, 2.05) is 6.92 Å². The van der Waals surface area contributed by atoms with Crippen molar-refractivity contribution in [2.75, 3.05) is 6.54 Å². The van der Waals surface area contributed by atoms with Crippen LogP contribution in [0.1, 0.15) is 19.8 Å². The Morgan fingerprint density at radius 1 is 1.64 bits per heavy atom. The molecule has 0 unspecified atom stereocenters. The van der Waals surface area contributed by atoms with Crippen LogP contribution in [0.3, 0.4) is 0 Å². The Kier molecular flexibility index (Phi) is 2.33. The standard InChI is InChI=1S/C9H15N3O2/c1-6-2-3-8(14-6)12-5-4-7(10)11-9(12)13/h4,6,8H,2-3,5,10H2,1H3,(H,11,13)/t6-,8-/m1/s1. The molecule has 14 heavy (non-hydrogen) atoms. The van der Waals surface area contributed by atoms with Gasteiger partial charge in [-0.15, -0.1) is 0 Å². The van der Waals surface area contributed by atoms with Gasteiger partial charge in [0.05, 0.1) is 6.10 Å². The maximum absolute atomic E-state index is 11.5. The second kappa shape index (κ2) is 3.49. The van der Waals surface area contributed by atoms with Gasteiger partial charge in [-0.1, -0.05) is 0 Å². The number of hydrogen-bond donors (Lipinski definition) is 2. The lowest BCUT2D eigenvalue weighted by molar-refractivity contribution is -0.0241. The quantitative estimate of drug-likeness (QED) is 0.636. The molecule has 78 valence electrons. The third-order valence-corrected chi connectivity index (χ3v) is 2.58. The molecule has 0 spiro atoms. The average molecular weight is 197 g/mol. The van der Waals surface area contributed by atoms with Crippen LogP contribution in [0.4, 0.5) is 4.79 Å². The molecule has 1 saturated heterocycles. The molecule has 2 aliphatic rings. The number of amides is 2. The highest BCUT2D eigenvalue weighted by atomic mass is 16.5. The first-order valence-corrected chi connectivity index (χ1v) is 4.85. The second-order valence-corrected chi connectivity index (χ2v) is 3.72. The molecule has 2 aliphatic heterocycles. The van der Waals surface area contributed by atoms with Gasteiger partial charge in [-0.25, -0.2) is 4.79 Å². The number of nitrogens with zero attached hydrogens (tertiary/aromatic N) is 1. The summed E-state index contributed by atoms with van der Waals surface area (Å²) in [6.07, 6.45) is 3.86. The van der Waals surface area contributed by atoms with Crippen molar-refractivity contribution in [3.05, 3.63) is 11.9 Å². The van der Waals surface area contributed by atoms with E-state index in [4.69, 9.17) is 10.5 Å². The van der Waals surface area contributed by atoms with Crippen molar-refractivity contribution in [2.24, 2.45) is 5.73 Å². The highest BCUT2D eigenvalue weighted by Crippen LogP contribution is 2.23. The minimum Gasteiger partial charge on any atom is -0.385 e. The van der Waals surface area contributed by atoms with Gasteiger partial charge >= 0.3 is 6.03 Å². The summed E-state index contributed by atoms with van der Waals surface area (Å²) >= 11 is 0. The Labute approximate surface area is 82.9 Å². The molecule has 2 rings (SSSR count). The summed E-state index contributed by atoms with van der Waals surface area (Å²) in [5.41, 5.74) is 5.48. The van der Waals surface area contributed by atoms with E-state index in [0.717, 1.165) is 12.8 Å². The van der Waals surface area contributed by atoms with Gasteiger partial charge in [-0.3, -0.25) is 10.2 Å². The van der Waals surface area contributed by atoms with E-state index >= 15 is 0 Å². The largest absolute Gasteiger partial charge is 0.385 e. The van der Waals surface area contributed by atoms with Crippen LogP contribution in [0.15, 0.2) is 11.9 Å². The molecule has 2 atom stereocenters. The molecule has 5 heteroatoms. The first-order valence-electron chi connectivity index (χ1n) is 4.85. The summed E-state index contributed by atoms with van der Waals surface area (Å²) in [5.74, 6) is 0.428. The van der Waals surface area contributed by atoms with Crippen molar-refractivity contribution in [3.63, 3.8) is 0 Å². The van der Waals surface area contributed by atoms with Gasteiger partial charge in [0, 0.05) is 6.54 Å². The Morgan fingerprint density at radius 2 is 2.43 bits per heavy atom. The molecular formula is C9H15N3O2. The van der Waals surface area contributed by atoms with Crippen LogP contribution in [0.5, 0.6) is 0 Å². The van der Waals surface area contributed by atoms with Crippen LogP contribution in [-0.2, 0) is 4.74 Å². The molecular weight excluding hydrogens is 182 g/mol. The zero-order chi connectivity index (χ0) is 10.1. The van der Waals surface area contributed by atoms with Crippen molar-refractivity contribution < 1.29 is 9.53 Å². The lowest BCUT2D eigenvalue weighted by Gasteiger charge is -2.30. The molecule has 3 N–H and O–H groups in total. The van der Waals surface area contributed by atoms with Crippen molar-refractivity contribution in [1.29, 1.82) is 0 Å². The van der Waals surface area contributed by atoms with E-state index in [2.05, 4.69) is 5.32 Å². The maximum Gasteiger partial charge on any atom is 0.325 e. The van der Waals surface area contributed by atoms with Gasteiger partial charge < -0.3 is 10.5 Å². The number of nitrogens with one attached hydrogen (secondary N) is 1. The van der Waals surface area contributed by atoms with Gasteiger partial charge in [0.2, 0.25) is 0 Å². The van der Waals surface area contributed by atoms with Gasteiger partial charge in [0.15, 0.2) is 0 Å². The highest BCUT2D eigenvalue weighted by Gasteiger charge is 2.31. The Morgan fingerprint density at radius 3 is 3.00 bits per heavy atom. The molecule has 0 aromatic rings. The number of carbonyl (C=O) groups is 1. The topological polar surface area (TPSA) is 67.6 Å². The van der Waals surface area contributed by atoms with E-state index in [9.17, 15) is 4.79 Å². The van der Waals surface area contributed by atoms with Crippen molar-refractivity contribution in [3.8, 4) is 0 Å². The van der Waals surface area contributed by atoms with Crippen molar-refractivity contribution in [2.45, 2.75) is 32.1 Å². The fourth-order valence-corrected chi connectivity index (χ4v) is 1.79. The molecule has 0 saturated carbocycles. The summed E-state index contributed by atoms with van der Waals surface area (Å²) in [5, 5.41) is 2.57. The minimum atomic E-state index is -0.163. The van der Waals surface area contributed by atoms with Gasteiger partial charge in [-0.2, -0.15) is 0 Å². The van der Waals surface area contributed by atoms with Crippen LogP contribution < -0.4 is 11.1 Å². The van der Waals surface area contributed by atoms with E-state index in [-0.39, 0.29) is 18.4 Å². The molecule has 0 aromatic heterocycles. The smallest absolute Gasteiger partial charge is 0.325 e. The molecule has 5 nitrogen and oxygen atoms in total. The van der Waals surface area contributed by atoms with Crippen LogP contribution in [0.25, 0.3) is 0 Å². The molecule has 0 bridgehead atoms. The Bertz CT molecular complexity index is 277. The zero-order valence-corrected chi connectivity index (χ0v) is 8.19. The van der Waals surface area contributed by atoms with Crippen LogP contribution in [0, 0.1) is 0 Å². The SMILES string of the molecule is C[C@@H]1CC[C@H](N2CC=C(N)NC2=O)O1. The minimum absolute atomic E-state index is 0.0886. The maximum atomic E-state index is 11.5. The van der Waals surface area contributed by atoms with Crippen LogP contribution >= 0.6 is 0 Å². The molecule has 0 aliphatic carbocycles. The summed E-state index contributed by atoms with van der Waals surface area (Å²) in [6.45, 7) is 2.56. The molecule has 1 fully saturated rings. The van der Waals surface area contributed by atoms with Gasteiger partial charge in [0.1, 0.15) is 12.0 Å². The van der Waals surface area contributed by atoms with E-state index in [0.29, 0.717) is 12.4 Å². The Balaban J connectivity index is 2.01. The number of ether oxygens (including phenoxy) is 1. The fraction of sp³-hybridized carbons (Fsp3) is 0.667. The third kappa shape index (κ3) is 1.68. The first kappa shape index (κ1) is 9.33. The van der Waals surface area contributed by atoms with Crippen LogP contribution in [0.2, 0.25) is 0 Å². The summed E-state index contributed by atoms with van der Waals surface area (Å²) in [6, 6.07) is -0.163. The van der Waals surface area contributed by atoms with Crippen LogP contribution in [-0.4, -0.2) is 29.8 Å². The highest BCUT2D eigenvalue weighted by molar-refractivity contribution is 5.77. The van der Waals surface area contributed by atoms with Gasteiger partial charge in [-0.05, 0) is 25.8 Å². The number of urea groups is 1. The summed E-state index contributed by atoms with van der Waals surface area (Å²) in [7, 11) is 0. The van der Waals surface area contributed by atoms with Crippen molar-refractivity contribution in [1.82, 2.24) is 10.2 Å². The average Bonchev–Trinajstić information content (AvgIpc) is 2.51. The third-order valence-electron chi connectivity index (χ3n) is 2.58. The molecule has 0 radical (unpaired) electrons. The van der Waals surface area contributed by atoms with Crippen molar-refractivity contribution >= 4 is 6.03 Å². The normalized spacial score (nSPS) is 32.8. The predicted octanol–water partition coefficient (Wildman–Crippen LogP) is 0.337. The summed E-state index contributed by atoms with van der Waals surface area (Å²) in [4.78, 5) is 13.2. The lowest BCUT2D eigenvalue weighted by Crippen LogP contribution is -2.50. The van der Waals surface area contributed by atoms with Gasteiger partial charge in [0.25, 0.3) is 0 Å². The predicted molar refractivity (Wildman–Crippen MR) is 51.1 cm³/mol. The first-order chi connectivity index (χ1) is 6.66. The zero-order valence-electron chi connectivity index (χ0n) is 8.19. The Hall–Kier alpha value is -1.23. The van der Waals surface area contributed by atoms with E-state index in [1.165, 1.54) is 0 Å². The van der Waals surface area contributed by atoms with E-state index < -0.39 is 0 Å². The van der Waals surface area contributed by atoms with E-state index in [1.54, 1.807) is 11.0 Å². The number of carbonyl (C=O) groups excluding carboxylic acids is 1. The lowest BCUT2D eigenvalue weighted by atomic mass is 10.2. The molecule has 0 aromatic carbocycles. The summed E-state index contributed by atoms with van der Waals surface area (Å²) < 4.78 is 5.60. The fourth-order valence-electron chi connectivity index (χ4n) is 1.79. The molecule has 2 amide bonds. The number of nitrogens with two attached hydrogens (primary N) is 1. The second-order valence-electron chi connectivity index (χ2n) is 3.72.